The van der Waals surface area contributed by atoms with Gasteiger partial charge in [0.2, 0.25) is 5.91 Å². The minimum absolute atomic E-state index is 0.0318. The maximum atomic E-state index is 12.2. The van der Waals surface area contributed by atoms with E-state index in [1.54, 1.807) is 0 Å². The van der Waals surface area contributed by atoms with Crippen LogP contribution < -0.4 is 5.32 Å². The van der Waals surface area contributed by atoms with Crippen LogP contribution in [0, 0.1) is 11.8 Å². The molecule has 1 saturated heterocycles. The van der Waals surface area contributed by atoms with Gasteiger partial charge in [0.05, 0.1) is 18.8 Å². The number of carbonyl (C=O) groups is 1. The Hall–Kier alpha value is -0.610. The number of ether oxygens (including phenoxy) is 1. The summed E-state index contributed by atoms with van der Waals surface area (Å²) >= 11 is 0. The van der Waals surface area contributed by atoms with Crippen LogP contribution in [0.3, 0.4) is 0 Å². The van der Waals surface area contributed by atoms with Crippen molar-refractivity contribution < 1.29 is 9.53 Å². The third-order valence-corrected chi connectivity index (χ3v) is 4.18. The fourth-order valence-electron chi connectivity index (χ4n) is 3.20. The first-order chi connectivity index (χ1) is 9.09. The highest BCUT2D eigenvalue weighted by molar-refractivity contribution is 5.83. The summed E-state index contributed by atoms with van der Waals surface area (Å²) in [7, 11) is 0. The maximum Gasteiger partial charge on any atom is 0.240 e. The molecule has 0 radical (unpaired) electrons. The molecule has 4 heteroatoms. The third kappa shape index (κ3) is 3.69. The molecule has 1 N–H and O–H groups in total. The van der Waals surface area contributed by atoms with E-state index in [1.807, 2.05) is 11.8 Å². The van der Waals surface area contributed by atoms with Gasteiger partial charge >= 0.3 is 0 Å². The molecule has 1 heterocycles. The number of nitrogens with zero attached hydrogens (tertiary/aromatic N) is 1. The summed E-state index contributed by atoms with van der Waals surface area (Å²) in [6, 6.07) is -0.0318. The second kappa shape index (κ2) is 6.71. The van der Waals surface area contributed by atoms with Crippen molar-refractivity contribution >= 4 is 5.91 Å². The second-order valence-corrected chi connectivity index (χ2v) is 6.38. The van der Waals surface area contributed by atoms with E-state index in [-0.39, 0.29) is 18.1 Å². The van der Waals surface area contributed by atoms with Gasteiger partial charge in [-0.2, -0.15) is 0 Å². The van der Waals surface area contributed by atoms with Crippen molar-refractivity contribution in [3.05, 3.63) is 0 Å². The van der Waals surface area contributed by atoms with Gasteiger partial charge in [-0.3, -0.25) is 10.1 Å². The highest BCUT2D eigenvalue weighted by Crippen LogP contribution is 2.31. The van der Waals surface area contributed by atoms with Crippen molar-refractivity contribution in [3.8, 4) is 0 Å². The first-order valence-corrected chi connectivity index (χ1v) is 7.74. The van der Waals surface area contributed by atoms with Gasteiger partial charge in [-0.25, -0.2) is 0 Å². The molecule has 2 rings (SSSR count). The van der Waals surface area contributed by atoms with Crippen molar-refractivity contribution in [1.29, 1.82) is 0 Å². The predicted octanol–water partition coefficient (Wildman–Crippen LogP) is 2.00. The number of amides is 1. The molecule has 1 aliphatic heterocycles. The first-order valence-electron chi connectivity index (χ1n) is 7.74. The number of rotatable bonds is 6. The lowest BCUT2D eigenvalue weighted by Gasteiger charge is -2.29. The van der Waals surface area contributed by atoms with E-state index in [0.29, 0.717) is 18.4 Å². The monoisotopic (exact) mass is 268 g/mol. The second-order valence-electron chi connectivity index (χ2n) is 6.38. The van der Waals surface area contributed by atoms with E-state index in [4.69, 9.17) is 4.74 Å². The lowest BCUT2D eigenvalue weighted by atomic mass is 10.0. The van der Waals surface area contributed by atoms with Crippen molar-refractivity contribution in [2.24, 2.45) is 11.8 Å². The quantitative estimate of drug-likeness (QED) is 0.749. The van der Waals surface area contributed by atoms with Crippen LogP contribution in [-0.4, -0.2) is 42.8 Å². The molecule has 19 heavy (non-hydrogen) atoms. The Morgan fingerprint density at radius 1 is 1.37 bits per heavy atom. The van der Waals surface area contributed by atoms with Crippen LogP contribution in [0.4, 0.5) is 0 Å². The van der Waals surface area contributed by atoms with E-state index in [9.17, 15) is 4.79 Å². The molecule has 0 aromatic carbocycles. The fourth-order valence-corrected chi connectivity index (χ4v) is 3.20. The van der Waals surface area contributed by atoms with Crippen molar-refractivity contribution in [2.45, 2.75) is 58.7 Å². The van der Waals surface area contributed by atoms with E-state index >= 15 is 0 Å². The van der Waals surface area contributed by atoms with Crippen LogP contribution in [0.25, 0.3) is 0 Å². The minimum Gasteiger partial charge on any atom is -0.379 e. The molecule has 2 atom stereocenters. The van der Waals surface area contributed by atoms with Crippen molar-refractivity contribution in [2.75, 3.05) is 19.8 Å². The van der Waals surface area contributed by atoms with Crippen LogP contribution in [0.1, 0.15) is 46.5 Å². The summed E-state index contributed by atoms with van der Waals surface area (Å²) in [5, 5.41) is 3.47. The van der Waals surface area contributed by atoms with Gasteiger partial charge in [-0.1, -0.05) is 26.7 Å². The van der Waals surface area contributed by atoms with E-state index < -0.39 is 0 Å². The molecular weight excluding hydrogens is 240 g/mol. The molecule has 4 nitrogen and oxygen atoms in total. The largest absolute Gasteiger partial charge is 0.379 e. The van der Waals surface area contributed by atoms with E-state index in [1.165, 1.54) is 25.7 Å². The number of carbonyl (C=O) groups excluding carboxylic acids is 1. The molecule has 0 aromatic heterocycles. The molecule has 0 bridgehead atoms. The topological polar surface area (TPSA) is 41.6 Å². The zero-order valence-electron chi connectivity index (χ0n) is 12.5. The molecule has 110 valence electrons. The Morgan fingerprint density at radius 2 is 2.05 bits per heavy atom. The predicted molar refractivity (Wildman–Crippen MR) is 75.7 cm³/mol. The molecule has 0 aromatic rings. The smallest absolute Gasteiger partial charge is 0.240 e. The highest BCUT2D eigenvalue weighted by Gasteiger charge is 2.40. The third-order valence-electron chi connectivity index (χ3n) is 4.18. The van der Waals surface area contributed by atoms with Crippen LogP contribution in [0.5, 0.6) is 0 Å². The summed E-state index contributed by atoms with van der Waals surface area (Å²) in [6.45, 7) is 8.42. The summed E-state index contributed by atoms with van der Waals surface area (Å²) in [4.78, 5) is 14.2. The van der Waals surface area contributed by atoms with Gasteiger partial charge in [0.15, 0.2) is 0 Å². The lowest BCUT2D eigenvalue weighted by molar-refractivity contribution is -0.131. The molecule has 1 aliphatic carbocycles. The summed E-state index contributed by atoms with van der Waals surface area (Å²) < 4.78 is 5.63. The van der Waals surface area contributed by atoms with Gasteiger partial charge < -0.3 is 9.64 Å². The SMILES string of the molecule is CC(C)COCCN1C(=O)C(C)NC1C1CCCC1. The van der Waals surface area contributed by atoms with Gasteiger partial charge in [0.1, 0.15) is 0 Å². The van der Waals surface area contributed by atoms with E-state index in [0.717, 1.165) is 13.2 Å². The average Bonchev–Trinajstić information content (AvgIpc) is 2.96. The maximum absolute atomic E-state index is 12.2. The highest BCUT2D eigenvalue weighted by atomic mass is 16.5. The van der Waals surface area contributed by atoms with Gasteiger partial charge in [0, 0.05) is 13.2 Å². The van der Waals surface area contributed by atoms with Gasteiger partial charge in [-0.05, 0) is 31.6 Å². The molecular formula is C15H28N2O2. The number of hydrogen-bond acceptors (Lipinski definition) is 3. The van der Waals surface area contributed by atoms with E-state index in [2.05, 4.69) is 19.2 Å². The first kappa shape index (κ1) is 14.8. The molecule has 1 saturated carbocycles. The standard InChI is InChI=1S/C15H28N2O2/c1-11(2)10-19-9-8-17-14(13-6-4-5-7-13)16-12(3)15(17)18/h11-14,16H,4-10H2,1-3H3. The minimum atomic E-state index is -0.0318. The van der Waals surface area contributed by atoms with Crippen LogP contribution in [0.15, 0.2) is 0 Å². The molecule has 0 spiro atoms. The van der Waals surface area contributed by atoms with Crippen LogP contribution in [0.2, 0.25) is 0 Å². The average molecular weight is 268 g/mol. The normalized spacial score (nSPS) is 28.8. The van der Waals surface area contributed by atoms with Gasteiger partial charge in [0.25, 0.3) is 0 Å². The lowest BCUT2D eigenvalue weighted by Crippen LogP contribution is -2.44. The Kier molecular flexibility index (Phi) is 5.22. The Labute approximate surface area is 116 Å². The number of nitrogens with one attached hydrogen (secondary N) is 1. The van der Waals surface area contributed by atoms with Gasteiger partial charge in [-0.15, -0.1) is 0 Å². The fraction of sp³-hybridized carbons (Fsp3) is 0.933. The summed E-state index contributed by atoms with van der Waals surface area (Å²) in [6.07, 6.45) is 5.36. The van der Waals surface area contributed by atoms with Crippen LogP contribution >= 0.6 is 0 Å². The van der Waals surface area contributed by atoms with Crippen molar-refractivity contribution in [1.82, 2.24) is 10.2 Å². The zero-order chi connectivity index (χ0) is 13.8. The molecule has 2 unspecified atom stereocenters. The van der Waals surface area contributed by atoms with Crippen LogP contribution in [-0.2, 0) is 9.53 Å². The van der Waals surface area contributed by atoms with Crippen molar-refractivity contribution in [3.63, 3.8) is 0 Å². The Morgan fingerprint density at radius 3 is 2.68 bits per heavy atom. The Balaban J connectivity index is 1.85. The summed E-state index contributed by atoms with van der Waals surface area (Å²) in [5.41, 5.74) is 0. The molecule has 2 aliphatic rings. The molecule has 1 amide bonds. The molecule has 2 fully saturated rings. The number of hydrogen-bond donors (Lipinski definition) is 1. The summed E-state index contributed by atoms with van der Waals surface area (Å²) in [5.74, 6) is 1.43. The Bertz CT molecular complexity index is 301. The zero-order valence-corrected chi connectivity index (χ0v) is 12.5.